The molecular formula is C22H19FO. The van der Waals surface area contributed by atoms with Gasteiger partial charge in [-0.1, -0.05) is 60.7 Å². The van der Waals surface area contributed by atoms with Crippen LogP contribution in [0.1, 0.15) is 29.4 Å². The molecule has 3 aromatic rings. The first kappa shape index (κ1) is 14.2. The van der Waals surface area contributed by atoms with Crippen LogP contribution in [-0.4, -0.2) is 13.2 Å². The third-order valence-electron chi connectivity index (χ3n) is 5.90. The van der Waals surface area contributed by atoms with E-state index in [1.807, 2.05) is 12.1 Å². The summed E-state index contributed by atoms with van der Waals surface area (Å²) in [5.74, 6) is 0.507. The normalized spacial score (nSPS) is 24.5. The van der Waals surface area contributed by atoms with Gasteiger partial charge in [-0.2, -0.15) is 0 Å². The highest BCUT2D eigenvalue weighted by molar-refractivity contribution is 5.83. The van der Waals surface area contributed by atoms with E-state index in [0.29, 0.717) is 5.92 Å². The molecule has 2 unspecified atom stereocenters. The molecular weight excluding hydrogens is 299 g/mol. The Bertz CT molecular complexity index is 912. The molecule has 1 aliphatic heterocycles. The Morgan fingerprint density at radius 1 is 0.875 bits per heavy atom. The average molecular weight is 318 g/mol. The zero-order valence-corrected chi connectivity index (χ0v) is 13.4. The van der Waals surface area contributed by atoms with Crippen LogP contribution in [0.25, 0.3) is 10.8 Å². The second-order valence-corrected chi connectivity index (χ2v) is 7.27. The summed E-state index contributed by atoms with van der Waals surface area (Å²) >= 11 is 0. The van der Waals surface area contributed by atoms with Crippen LogP contribution >= 0.6 is 0 Å². The summed E-state index contributed by atoms with van der Waals surface area (Å²) in [5, 5.41) is 2.51. The number of halogens is 1. The molecule has 1 nitrogen and oxygen atoms in total. The minimum atomic E-state index is -0.0802. The van der Waals surface area contributed by atoms with Crippen molar-refractivity contribution in [3.8, 4) is 0 Å². The Balaban J connectivity index is 1.60. The Morgan fingerprint density at radius 3 is 2.38 bits per heavy atom. The summed E-state index contributed by atoms with van der Waals surface area (Å²) in [6.07, 6.45) is 1.02. The molecule has 1 saturated carbocycles. The molecule has 0 aromatic heterocycles. The Kier molecular flexibility index (Phi) is 3.04. The molecule has 0 N–H and O–H groups in total. The quantitative estimate of drug-likeness (QED) is 0.626. The van der Waals surface area contributed by atoms with Crippen molar-refractivity contribution in [2.45, 2.75) is 18.3 Å². The molecule has 1 aliphatic carbocycles. The fraction of sp³-hybridized carbons (Fsp3) is 0.273. The number of rotatable bonds is 2. The van der Waals surface area contributed by atoms with Gasteiger partial charge in [0.25, 0.3) is 0 Å². The van der Waals surface area contributed by atoms with Crippen LogP contribution in [0.2, 0.25) is 0 Å². The second-order valence-electron chi connectivity index (χ2n) is 7.27. The first-order chi connectivity index (χ1) is 11.8. The lowest BCUT2D eigenvalue weighted by atomic mass is 9.49. The van der Waals surface area contributed by atoms with Crippen LogP contribution in [-0.2, 0) is 4.74 Å². The molecule has 2 aliphatic rings. The van der Waals surface area contributed by atoms with Crippen LogP contribution in [0.3, 0.4) is 0 Å². The van der Waals surface area contributed by atoms with Crippen molar-refractivity contribution in [2.24, 2.45) is 5.41 Å². The maximum Gasteiger partial charge on any atom is 0.126 e. The smallest absolute Gasteiger partial charge is 0.126 e. The van der Waals surface area contributed by atoms with Crippen LogP contribution in [0.15, 0.2) is 66.7 Å². The topological polar surface area (TPSA) is 9.23 Å². The zero-order valence-electron chi connectivity index (χ0n) is 13.4. The van der Waals surface area contributed by atoms with Crippen molar-refractivity contribution in [1.29, 1.82) is 0 Å². The Morgan fingerprint density at radius 2 is 1.62 bits per heavy atom. The Hall–Kier alpha value is -2.19. The van der Waals surface area contributed by atoms with Crippen LogP contribution < -0.4 is 0 Å². The number of hydrogen-bond donors (Lipinski definition) is 0. The van der Waals surface area contributed by atoms with Crippen LogP contribution in [0, 0.1) is 11.2 Å². The van der Waals surface area contributed by atoms with Crippen LogP contribution in [0.5, 0.6) is 0 Å². The van der Waals surface area contributed by atoms with Gasteiger partial charge in [-0.25, -0.2) is 4.39 Å². The van der Waals surface area contributed by atoms with Gasteiger partial charge in [-0.15, -0.1) is 0 Å². The summed E-state index contributed by atoms with van der Waals surface area (Å²) in [6, 6.07) is 22.4. The lowest BCUT2D eigenvalue weighted by Crippen LogP contribution is -2.57. The standard InChI is InChI=1S/C22H19FO/c23-20-8-4-3-7-18(20)19-12-22(13-24-14-22)21(19)17-10-9-15-5-1-2-6-16(15)11-17/h1-11,19,21H,12-14H2. The van der Waals surface area contributed by atoms with Crippen molar-refractivity contribution in [1.82, 2.24) is 0 Å². The predicted octanol–water partition coefficient (Wildman–Crippen LogP) is 5.27. The zero-order chi connectivity index (χ0) is 16.1. The van der Waals surface area contributed by atoms with Gasteiger partial charge in [-0.3, -0.25) is 0 Å². The highest BCUT2D eigenvalue weighted by atomic mass is 19.1. The summed E-state index contributed by atoms with van der Waals surface area (Å²) in [4.78, 5) is 0. The molecule has 1 spiro atoms. The molecule has 5 rings (SSSR count). The van der Waals surface area contributed by atoms with Gasteiger partial charge >= 0.3 is 0 Å². The number of ether oxygens (including phenoxy) is 1. The van der Waals surface area contributed by atoms with E-state index in [2.05, 4.69) is 42.5 Å². The van der Waals surface area contributed by atoms with Gasteiger partial charge < -0.3 is 4.74 Å². The van der Waals surface area contributed by atoms with Gasteiger partial charge in [0.2, 0.25) is 0 Å². The summed E-state index contributed by atoms with van der Waals surface area (Å²) in [5.41, 5.74) is 2.37. The molecule has 1 heterocycles. The van der Waals surface area contributed by atoms with E-state index < -0.39 is 0 Å². The molecule has 0 amide bonds. The monoisotopic (exact) mass is 318 g/mol. The third kappa shape index (κ3) is 1.96. The van der Waals surface area contributed by atoms with Gasteiger partial charge in [0.15, 0.2) is 0 Å². The fourth-order valence-corrected chi connectivity index (χ4v) is 4.66. The van der Waals surface area contributed by atoms with E-state index in [1.165, 1.54) is 16.3 Å². The number of fused-ring (bicyclic) bond motifs is 1. The second kappa shape index (κ2) is 5.15. The Labute approximate surface area is 141 Å². The van der Waals surface area contributed by atoms with E-state index >= 15 is 0 Å². The summed E-state index contributed by atoms with van der Waals surface area (Å²) < 4.78 is 19.9. The SMILES string of the molecule is Fc1ccccc1C1CC2(COC2)C1c1ccc2ccccc2c1. The first-order valence-corrected chi connectivity index (χ1v) is 8.58. The first-order valence-electron chi connectivity index (χ1n) is 8.58. The maximum atomic E-state index is 14.3. The highest BCUT2D eigenvalue weighted by Crippen LogP contribution is 2.64. The summed E-state index contributed by atoms with van der Waals surface area (Å²) in [6.45, 7) is 1.60. The minimum Gasteiger partial charge on any atom is -0.380 e. The van der Waals surface area contributed by atoms with Gasteiger partial charge in [0.05, 0.1) is 13.2 Å². The van der Waals surface area contributed by atoms with Crippen molar-refractivity contribution in [2.75, 3.05) is 13.2 Å². The van der Waals surface area contributed by atoms with E-state index in [0.717, 1.165) is 25.2 Å². The lowest BCUT2D eigenvalue weighted by Gasteiger charge is -2.60. The lowest BCUT2D eigenvalue weighted by molar-refractivity contribution is -0.181. The largest absolute Gasteiger partial charge is 0.380 e. The summed E-state index contributed by atoms with van der Waals surface area (Å²) in [7, 11) is 0. The van der Waals surface area contributed by atoms with Crippen molar-refractivity contribution >= 4 is 10.8 Å². The molecule has 120 valence electrons. The van der Waals surface area contributed by atoms with E-state index in [-0.39, 0.29) is 17.2 Å². The fourth-order valence-electron chi connectivity index (χ4n) is 4.66. The van der Waals surface area contributed by atoms with Crippen molar-refractivity contribution in [3.63, 3.8) is 0 Å². The van der Waals surface area contributed by atoms with Gasteiger partial charge in [0, 0.05) is 11.3 Å². The molecule has 1 saturated heterocycles. The minimum absolute atomic E-state index is 0.0802. The van der Waals surface area contributed by atoms with E-state index in [4.69, 9.17) is 4.74 Å². The molecule has 24 heavy (non-hydrogen) atoms. The van der Waals surface area contributed by atoms with Crippen LogP contribution in [0.4, 0.5) is 4.39 Å². The van der Waals surface area contributed by atoms with Crippen molar-refractivity contribution < 1.29 is 9.13 Å². The maximum absolute atomic E-state index is 14.3. The highest BCUT2D eigenvalue weighted by Gasteiger charge is 2.59. The number of hydrogen-bond acceptors (Lipinski definition) is 1. The number of benzene rings is 3. The molecule has 3 aromatic carbocycles. The molecule has 2 heteroatoms. The molecule has 0 bridgehead atoms. The van der Waals surface area contributed by atoms with Crippen molar-refractivity contribution in [3.05, 3.63) is 83.7 Å². The van der Waals surface area contributed by atoms with Gasteiger partial charge in [0.1, 0.15) is 5.82 Å². The van der Waals surface area contributed by atoms with E-state index in [1.54, 1.807) is 12.1 Å². The third-order valence-corrected chi connectivity index (χ3v) is 5.90. The average Bonchev–Trinajstić information content (AvgIpc) is 2.54. The van der Waals surface area contributed by atoms with E-state index in [9.17, 15) is 4.39 Å². The molecule has 0 radical (unpaired) electrons. The van der Waals surface area contributed by atoms with Gasteiger partial charge in [-0.05, 0) is 40.3 Å². The molecule has 2 atom stereocenters. The predicted molar refractivity (Wildman–Crippen MR) is 93.7 cm³/mol. The molecule has 2 fully saturated rings.